The molecular formula is C23H31NO5. The molecule has 0 amide bonds. The smallest absolute Gasteiger partial charge is 0.315 e. The zero-order valence-electron chi connectivity index (χ0n) is 17.4. The molecule has 1 heterocycles. The molecule has 2 N–H and O–H groups in total. The predicted molar refractivity (Wildman–Crippen MR) is 106 cm³/mol. The third kappa shape index (κ3) is 1.86. The molecule has 6 heteroatoms. The summed E-state index contributed by atoms with van der Waals surface area (Å²) in [5.41, 5.74) is -1.19. The van der Waals surface area contributed by atoms with Crippen molar-refractivity contribution >= 4 is 18.0 Å². The second kappa shape index (κ2) is 5.93. The summed E-state index contributed by atoms with van der Waals surface area (Å²) in [6.45, 7) is 6.19. The standard InChI is InChI=1S/C23H31NO5/c1-12(2)18-6-14-8-21(11-26)17-5-4-13(3)16(17)9-22(14,23(18,21)20(27)28)19-7-15(10-25)29-24-19/h6,11-17,25H,4-5,7-10H2,1-3H3,(H,27,28)/t13-,14-,15?,16-,17-,21+,22-,23+/m1/s1. The Morgan fingerprint density at radius 1 is 1.38 bits per heavy atom. The summed E-state index contributed by atoms with van der Waals surface area (Å²) >= 11 is 0. The van der Waals surface area contributed by atoms with Crippen LogP contribution >= 0.6 is 0 Å². The Labute approximate surface area is 171 Å². The van der Waals surface area contributed by atoms with Gasteiger partial charge in [0.2, 0.25) is 0 Å². The van der Waals surface area contributed by atoms with Crippen molar-refractivity contribution in [2.45, 2.75) is 59.0 Å². The summed E-state index contributed by atoms with van der Waals surface area (Å²) in [7, 11) is 0. The highest BCUT2D eigenvalue weighted by molar-refractivity contribution is 6.03. The molecule has 29 heavy (non-hydrogen) atoms. The van der Waals surface area contributed by atoms with Gasteiger partial charge in [0.25, 0.3) is 0 Å². The third-order valence-electron chi connectivity index (χ3n) is 9.38. The molecule has 0 spiro atoms. The van der Waals surface area contributed by atoms with Gasteiger partial charge in [-0.1, -0.05) is 44.0 Å². The van der Waals surface area contributed by atoms with Crippen LogP contribution in [0.3, 0.4) is 0 Å². The van der Waals surface area contributed by atoms with Gasteiger partial charge in [-0.25, -0.2) is 0 Å². The number of nitrogens with zero attached hydrogens (tertiary/aromatic N) is 1. The van der Waals surface area contributed by atoms with Crippen LogP contribution in [0.25, 0.3) is 0 Å². The van der Waals surface area contributed by atoms with E-state index >= 15 is 0 Å². The fraction of sp³-hybridized carbons (Fsp3) is 0.783. The van der Waals surface area contributed by atoms with E-state index in [0.717, 1.165) is 36.8 Å². The molecule has 1 unspecified atom stereocenters. The second-order valence-electron chi connectivity index (χ2n) is 10.5. The van der Waals surface area contributed by atoms with Crippen LogP contribution in [0.4, 0.5) is 0 Å². The van der Waals surface area contributed by atoms with E-state index in [0.29, 0.717) is 24.7 Å². The number of aliphatic hydroxyl groups excluding tert-OH is 1. The van der Waals surface area contributed by atoms with Crippen LogP contribution in [0.2, 0.25) is 0 Å². The molecule has 4 aliphatic carbocycles. The Morgan fingerprint density at radius 3 is 2.72 bits per heavy atom. The van der Waals surface area contributed by atoms with Crippen LogP contribution in [-0.4, -0.2) is 40.9 Å². The first-order valence-electron chi connectivity index (χ1n) is 11.1. The van der Waals surface area contributed by atoms with E-state index in [2.05, 4.69) is 18.2 Å². The van der Waals surface area contributed by atoms with Gasteiger partial charge < -0.3 is 19.8 Å². The lowest BCUT2D eigenvalue weighted by Crippen LogP contribution is -2.64. The predicted octanol–water partition coefficient (Wildman–Crippen LogP) is 3.05. The first-order chi connectivity index (χ1) is 13.8. The van der Waals surface area contributed by atoms with E-state index in [1.165, 1.54) is 0 Å². The molecule has 8 atom stereocenters. The monoisotopic (exact) mass is 401 g/mol. The molecule has 0 radical (unpaired) electrons. The van der Waals surface area contributed by atoms with Crippen LogP contribution < -0.4 is 0 Å². The van der Waals surface area contributed by atoms with Crippen LogP contribution in [-0.2, 0) is 14.4 Å². The van der Waals surface area contributed by atoms with Crippen molar-refractivity contribution in [2.75, 3.05) is 6.61 Å². The van der Waals surface area contributed by atoms with Crippen molar-refractivity contribution in [1.82, 2.24) is 0 Å². The number of aliphatic carboxylic acids is 1. The normalized spacial score (nSPS) is 49.6. The number of oxime groups is 1. The summed E-state index contributed by atoms with van der Waals surface area (Å²) in [5.74, 6) is 0.0663. The first kappa shape index (κ1) is 19.3. The highest BCUT2D eigenvalue weighted by Gasteiger charge is 2.85. The largest absolute Gasteiger partial charge is 0.481 e. The van der Waals surface area contributed by atoms with E-state index in [1.54, 1.807) is 0 Å². The minimum Gasteiger partial charge on any atom is -0.481 e. The average Bonchev–Trinajstić information content (AvgIpc) is 3.41. The highest BCUT2D eigenvalue weighted by Crippen LogP contribution is 2.83. The summed E-state index contributed by atoms with van der Waals surface area (Å²) < 4.78 is 0. The van der Waals surface area contributed by atoms with Gasteiger partial charge in [-0.05, 0) is 48.9 Å². The lowest BCUT2D eigenvalue weighted by atomic mass is 9.41. The van der Waals surface area contributed by atoms with Gasteiger partial charge in [-0.2, -0.15) is 0 Å². The van der Waals surface area contributed by atoms with Gasteiger partial charge >= 0.3 is 5.97 Å². The van der Waals surface area contributed by atoms with Gasteiger partial charge in [-0.15, -0.1) is 0 Å². The summed E-state index contributed by atoms with van der Waals surface area (Å²) in [5, 5.41) is 24.9. The maximum absolute atomic E-state index is 13.3. The minimum absolute atomic E-state index is 0.0150. The van der Waals surface area contributed by atoms with Gasteiger partial charge in [0.1, 0.15) is 11.7 Å². The average molecular weight is 402 g/mol. The van der Waals surface area contributed by atoms with Crippen molar-refractivity contribution in [2.24, 2.45) is 51.0 Å². The molecule has 5 aliphatic rings. The molecule has 6 nitrogen and oxygen atoms in total. The Hall–Kier alpha value is -1.69. The number of carboxylic acid groups (broad SMARTS) is 1. The van der Waals surface area contributed by atoms with E-state index in [-0.39, 0.29) is 24.4 Å². The molecule has 158 valence electrons. The number of carbonyl (C=O) groups excluding carboxylic acids is 1. The molecule has 1 aliphatic heterocycles. The molecule has 5 rings (SSSR count). The summed E-state index contributed by atoms with van der Waals surface area (Å²) in [6.07, 6.45) is 6.54. The first-order valence-corrected chi connectivity index (χ1v) is 11.1. The Bertz CT molecular complexity index is 833. The van der Waals surface area contributed by atoms with Gasteiger partial charge in [0, 0.05) is 11.8 Å². The Balaban J connectivity index is 1.79. The summed E-state index contributed by atoms with van der Waals surface area (Å²) in [4.78, 5) is 31.7. The number of carbonyl (C=O) groups is 2. The Kier molecular flexibility index (Phi) is 3.94. The van der Waals surface area contributed by atoms with E-state index < -0.39 is 28.3 Å². The van der Waals surface area contributed by atoms with Gasteiger partial charge in [0.15, 0.2) is 6.10 Å². The number of hydrogen-bond donors (Lipinski definition) is 2. The third-order valence-corrected chi connectivity index (χ3v) is 9.38. The molecule has 3 saturated carbocycles. The fourth-order valence-electron chi connectivity index (χ4n) is 8.51. The molecule has 0 aromatic carbocycles. The zero-order chi connectivity index (χ0) is 20.8. The highest BCUT2D eigenvalue weighted by atomic mass is 16.6. The van der Waals surface area contributed by atoms with Crippen molar-refractivity contribution in [3.63, 3.8) is 0 Å². The van der Waals surface area contributed by atoms with Crippen LogP contribution in [0.1, 0.15) is 52.9 Å². The summed E-state index contributed by atoms with van der Waals surface area (Å²) in [6, 6.07) is 0. The number of aliphatic hydroxyl groups is 1. The molecule has 0 aromatic heterocycles. The molecule has 0 saturated heterocycles. The number of fused-ring (bicyclic) bond motifs is 2. The van der Waals surface area contributed by atoms with Crippen LogP contribution in [0.5, 0.6) is 0 Å². The SMILES string of the molecule is CC(C)C1=C[C@@H]2C[C@]3(C=O)[C@@H]4CC[C@@H](C)[C@H]4C[C@@]2(C2=NOC(CO)C2)[C@]13C(=O)O. The fourth-order valence-corrected chi connectivity index (χ4v) is 8.51. The lowest BCUT2D eigenvalue weighted by molar-refractivity contribution is -0.173. The number of aldehydes is 1. The van der Waals surface area contributed by atoms with Crippen molar-refractivity contribution in [1.29, 1.82) is 0 Å². The molecule has 3 fully saturated rings. The van der Waals surface area contributed by atoms with Crippen molar-refractivity contribution in [3.05, 3.63) is 11.6 Å². The molecule has 0 aromatic rings. The number of allylic oxidation sites excluding steroid dienone is 1. The van der Waals surface area contributed by atoms with E-state index in [4.69, 9.17) is 4.84 Å². The zero-order valence-corrected chi connectivity index (χ0v) is 17.4. The number of hydrogen-bond acceptors (Lipinski definition) is 5. The molecule has 4 bridgehead atoms. The molecular weight excluding hydrogens is 370 g/mol. The van der Waals surface area contributed by atoms with Crippen molar-refractivity contribution < 1.29 is 24.6 Å². The van der Waals surface area contributed by atoms with E-state index in [9.17, 15) is 19.8 Å². The minimum atomic E-state index is -1.25. The number of carboxylic acids is 1. The van der Waals surface area contributed by atoms with Crippen molar-refractivity contribution in [3.8, 4) is 0 Å². The second-order valence-corrected chi connectivity index (χ2v) is 10.5. The van der Waals surface area contributed by atoms with Gasteiger partial charge in [0.05, 0.1) is 17.7 Å². The Morgan fingerprint density at radius 2 is 2.14 bits per heavy atom. The van der Waals surface area contributed by atoms with E-state index in [1.807, 2.05) is 13.8 Å². The van der Waals surface area contributed by atoms with Crippen LogP contribution in [0.15, 0.2) is 16.8 Å². The van der Waals surface area contributed by atoms with Gasteiger partial charge in [-0.3, -0.25) is 4.79 Å². The number of rotatable bonds is 5. The van der Waals surface area contributed by atoms with Crippen LogP contribution in [0, 0.1) is 45.8 Å². The maximum atomic E-state index is 13.3. The topological polar surface area (TPSA) is 96.2 Å². The quantitative estimate of drug-likeness (QED) is 0.545. The maximum Gasteiger partial charge on any atom is 0.315 e. The lowest BCUT2D eigenvalue weighted by Gasteiger charge is -2.58.